The lowest BCUT2D eigenvalue weighted by Gasteiger charge is -2.30. The first-order valence-corrected chi connectivity index (χ1v) is 12.2. The molecule has 0 radical (unpaired) electrons. The third kappa shape index (κ3) is 3.54. The number of nitrogens with zero attached hydrogens (tertiary/aromatic N) is 7. The Labute approximate surface area is 198 Å². The molecule has 9 nitrogen and oxygen atoms in total. The summed E-state index contributed by atoms with van der Waals surface area (Å²) in [6, 6.07) is 6.83. The molecule has 1 atom stereocenters. The summed E-state index contributed by atoms with van der Waals surface area (Å²) in [7, 11) is 1.93. The molecular weight excluding hydrogens is 430 g/mol. The van der Waals surface area contributed by atoms with E-state index in [1.807, 2.05) is 24.9 Å². The molecule has 6 rings (SSSR count). The summed E-state index contributed by atoms with van der Waals surface area (Å²) in [5, 5.41) is 9.54. The van der Waals surface area contributed by atoms with E-state index in [0.717, 1.165) is 97.2 Å². The van der Waals surface area contributed by atoms with Crippen LogP contribution in [0.15, 0.2) is 24.4 Å². The highest BCUT2D eigenvalue weighted by Gasteiger charge is 2.27. The number of morpholine rings is 1. The summed E-state index contributed by atoms with van der Waals surface area (Å²) in [6.45, 7) is 9.16. The monoisotopic (exact) mass is 461 g/mol. The molecule has 0 unspecified atom stereocenters. The Bertz CT molecular complexity index is 1310. The number of aromatic nitrogens is 6. The second kappa shape index (κ2) is 8.63. The topological polar surface area (TPSA) is 83.1 Å². The third-order valence-electron chi connectivity index (χ3n) is 7.43. The standard InChI is InChI=1S/C25H31N7O2/c1-16-24(30(3)29-28-16)19-14-21-23(26-15-19)20-4-5-22(31-8-12-34-13-9-31)27-25(20)32(21)17(2)18-6-10-33-11-7-18/h4-5,14-15,17-18H,6-13H2,1-3H3/t17-/m1/s1. The first-order chi connectivity index (χ1) is 16.6. The van der Waals surface area contributed by atoms with E-state index in [1.54, 1.807) is 0 Å². The fourth-order valence-electron chi connectivity index (χ4n) is 5.54. The Morgan fingerprint density at radius 2 is 1.82 bits per heavy atom. The van der Waals surface area contributed by atoms with Crippen LogP contribution in [0.5, 0.6) is 0 Å². The van der Waals surface area contributed by atoms with Gasteiger partial charge in [-0.3, -0.25) is 4.98 Å². The van der Waals surface area contributed by atoms with Crippen LogP contribution in [-0.2, 0) is 16.5 Å². The van der Waals surface area contributed by atoms with Crippen LogP contribution < -0.4 is 4.90 Å². The molecule has 2 aliphatic heterocycles. The van der Waals surface area contributed by atoms with Crippen molar-refractivity contribution < 1.29 is 9.47 Å². The lowest BCUT2D eigenvalue weighted by atomic mass is 9.92. The van der Waals surface area contributed by atoms with Gasteiger partial charge in [0.1, 0.15) is 11.5 Å². The highest BCUT2D eigenvalue weighted by molar-refractivity contribution is 6.05. The van der Waals surface area contributed by atoms with Gasteiger partial charge in [0.25, 0.3) is 0 Å². The molecule has 2 fully saturated rings. The van der Waals surface area contributed by atoms with E-state index < -0.39 is 0 Å². The average molecular weight is 462 g/mol. The van der Waals surface area contributed by atoms with Gasteiger partial charge in [0.2, 0.25) is 0 Å². The lowest BCUT2D eigenvalue weighted by molar-refractivity contribution is 0.0524. The molecule has 4 aromatic rings. The van der Waals surface area contributed by atoms with E-state index in [9.17, 15) is 0 Å². The number of ether oxygens (including phenoxy) is 2. The normalized spacial score (nSPS) is 18.7. The predicted molar refractivity (Wildman–Crippen MR) is 131 cm³/mol. The zero-order chi connectivity index (χ0) is 23.2. The smallest absolute Gasteiger partial charge is 0.145 e. The minimum absolute atomic E-state index is 0.277. The van der Waals surface area contributed by atoms with E-state index in [-0.39, 0.29) is 6.04 Å². The number of fused-ring (bicyclic) bond motifs is 3. The van der Waals surface area contributed by atoms with Crippen LogP contribution in [0.25, 0.3) is 33.3 Å². The maximum atomic E-state index is 5.66. The highest BCUT2D eigenvalue weighted by atomic mass is 16.5. The maximum Gasteiger partial charge on any atom is 0.145 e. The molecule has 178 valence electrons. The van der Waals surface area contributed by atoms with E-state index in [0.29, 0.717) is 5.92 Å². The van der Waals surface area contributed by atoms with Gasteiger partial charge in [-0.1, -0.05) is 5.21 Å². The molecule has 0 N–H and O–H groups in total. The number of aryl methyl sites for hydroxylation is 2. The van der Waals surface area contributed by atoms with Crippen LogP contribution in [0, 0.1) is 12.8 Å². The molecule has 0 aliphatic carbocycles. The Morgan fingerprint density at radius 3 is 2.56 bits per heavy atom. The van der Waals surface area contributed by atoms with Gasteiger partial charge in [-0.25, -0.2) is 9.67 Å². The van der Waals surface area contributed by atoms with Gasteiger partial charge < -0.3 is 18.9 Å². The van der Waals surface area contributed by atoms with Gasteiger partial charge in [0, 0.05) is 56.5 Å². The molecule has 2 saturated heterocycles. The van der Waals surface area contributed by atoms with Gasteiger partial charge >= 0.3 is 0 Å². The summed E-state index contributed by atoms with van der Waals surface area (Å²) in [4.78, 5) is 12.5. The fraction of sp³-hybridized carbons (Fsp3) is 0.520. The summed E-state index contributed by atoms with van der Waals surface area (Å²) in [5.74, 6) is 1.54. The molecule has 0 spiro atoms. The van der Waals surface area contributed by atoms with E-state index >= 15 is 0 Å². The van der Waals surface area contributed by atoms with Crippen molar-refractivity contribution in [2.45, 2.75) is 32.7 Å². The first kappa shape index (κ1) is 21.5. The number of pyridine rings is 2. The van der Waals surface area contributed by atoms with Crippen LogP contribution in [0.1, 0.15) is 31.5 Å². The second-order valence-corrected chi connectivity index (χ2v) is 9.44. The van der Waals surface area contributed by atoms with Gasteiger partial charge in [-0.2, -0.15) is 0 Å². The minimum Gasteiger partial charge on any atom is -0.381 e. The second-order valence-electron chi connectivity index (χ2n) is 9.44. The maximum absolute atomic E-state index is 5.66. The molecule has 0 saturated carbocycles. The van der Waals surface area contributed by atoms with E-state index in [2.05, 4.69) is 44.9 Å². The molecule has 34 heavy (non-hydrogen) atoms. The van der Waals surface area contributed by atoms with Gasteiger partial charge in [-0.05, 0) is 50.8 Å². The van der Waals surface area contributed by atoms with Crippen molar-refractivity contribution in [3.8, 4) is 11.3 Å². The number of anilines is 1. The van der Waals surface area contributed by atoms with Crippen LogP contribution in [-0.4, -0.2) is 69.0 Å². The predicted octanol–water partition coefficient (Wildman–Crippen LogP) is 3.51. The van der Waals surface area contributed by atoms with Gasteiger partial charge in [0.05, 0.1) is 35.6 Å². The van der Waals surface area contributed by atoms with Crippen molar-refractivity contribution in [3.63, 3.8) is 0 Å². The van der Waals surface area contributed by atoms with Crippen LogP contribution in [0.3, 0.4) is 0 Å². The Hall–Kier alpha value is -3.04. The van der Waals surface area contributed by atoms with E-state index in [4.69, 9.17) is 19.4 Å². The molecule has 9 heteroatoms. The molecule has 4 aromatic heterocycles. The fourth-order valence-corrected chi connectivity index (χ4v) is 5.54. The summed E-state index contributed by atoms with van der Waals surface area (Å²) in [6.07, 6.45) is 4.06. The van der Waals surface area contributed by atoms with Gasteiger partial charge in [0.15, 0.2) is 0 Å². The molecule has 6 heterocycles. The average Bonchev–Trinajstić information content (AvgIpc) is 3.39. The minimum atomic E-state index is 0.277. The molecular formula is C25H31N7O2. The zero-order valence-corrected chi connectivity index (χ0v) is 20.1. The van der Waals surface area contributed by atoms with Crippen LogP contribution in [0.2, 0.25) is 0 Å². The van der Waals surface area contributed by atoms with Crippen molar-refractivity contribution in [1.82, 2.24) is 29.5 Å². The Morgan fingerprint density at radius 1 is 1.06 bits per heavy atom. The van der Waals surface area contributed by atoms with Crippen molar-refractivity contribution >= 4 is 27.9 Å². The number of hydrogen-bond acceptors (Lipinski definition) is 7. The van der Waals surface area contributed by atoms with E-state index in [1.165, 1.54) is 0 Å². The molecule has 0 amide bonds. The highest BCUT2D eigenvalue weighted by Crippen LogP contribution is 2.38. The lowest BCUT2D eigenvalue weighted by Crippen LogP contribution is -2.36. The Kier molecular flexibility index (Phi) is 5.45. The molecule has 2 aliphatic rings. The Balaban J connectivity index is 1.56. The van der Waals surface area contributed by atoms with Crippen molar-refractivity contribution in [1.29, 1.82) is 0 Å². The summed E-state index contributed by atoms with van der Waals surface area (Å²) >= 11 is 0. The number of rotatable bonds is 4. The SMILES string of the molecule is Cc1nnn(C)c1-c1cnc2c3ccc(N4CCOCC4)nc3n([C@H](C)C3CCOCC3)c2c1. The quantitative estimate of drug-likeness (QED) is 0.460. The summed E-state index contributed by atoms with van der Waals surface area (Å²) in [5.41, 5.74) is 6.02. The van der Waals surface area contributed by atoms with Crippen LogP contribution in [0.4, 0.5) is 5.82 Å². The molecule has 0 aromatic carbocycles. The largest absolute Gasteiger partial charge is 0.381 e. The first-order valence-electron chi connectivity index (χ1n) is 12.2. The zero-order valence-electron chi connectivity index (χ0n) is 20.1. The van der Waals surface area contributed by atoms with Crippen molar-refractivity contribution in [2.75, 3.05) is 44.4 Å². The third-order valence-corrected chi connectivity index (χ3v) is 7.43. The van der Waals surface area contributed by atoms with Crippen molar-refractivity contribution in [2.24, 2.45) is 13.0 Å². The van der Waals surface area contributed by atoms with Crippen molar-refractivity contribution in [3.05, 3.63) is 30.1 Å². The molecule has 0 bridgehead atoms. The summed E-state index contributed by atoms with van der Waals surface area (Å²) < 4.78 is 15.5. The van der Waals surface area contributed by atoms with Gasteiger partial charge in [-0.15, -0.1) is 5.10 Å². The number of hydrogen-bond donors (Lipinski definition) is 0. The van der Waals surface area contributed by atoms with Crippen LogP contribution >= 0.6 is 0 Å².